The summed E-state index contributed by atoms with van der Waals surface area (Å²) in [6, 6.07) is 0. The molecule has 0 aromatic heterocycles. The number of hydrogen-bond donors (Lipinski definition) is 0. The average Bonchev–Trinajstić information content (AvgIpc) is 1.91. The van der Waals surface area contributed by atoms with Gasteiger partial charge in [0.25, 0.3) is 0 Å². The molecule has 1 heteroatoms. The summed E-state index contributed by atoms with van der Waals surface area (Å²) in [7, 11) is 0. The first-order valence-corrected chi connectivity index (χ1v) is 4.84. The van der Waals surface area contributed by atoms with Crippen molar-refractivity contribution in [3.8, 4) is 0 Å². The molecule has 0 saturated heterocycles. The van der Waals surface area contributed by atoms with Gasteiger partial charge in [0.05, 0.1) is 0 Å². The summed E-state index contributed by atoms with van der Waals surface area (Å²) in [5, 5.41) is 0. The molecule has 0 amide bonds. The van der Waals surface area contributed by atoms with Crippen molar-refractivity contribution in [1.29, 1.82) is 0 Å². The van der Waals surface area contributed by atoms with Crippen LogP contribution in [0.25, 0.3) is 0 Å². The van der Waals surface area contributed by atoms with Crippen LogP contribution < -0.4 is 0 Å². The van der Waals surface area contributed by atoms with Gasteiger partial charge in [0, 0.05) is 5.75 Å². The Labute approximate surface area is 61.7 Å². The van der Waals surface area contributed by atoms with Crippen molar-refractivity contribution in [3.05, 3.63) is 11.6 Å². The van der Waals surface area contributed by atoms with Gasteiger partial charge in [-0.3, -0.25) is 0 Å². The maximum atomic E-state index is 2.40. The van der Waals surface area contributed by atoms with Crippen molar-refractivity contribution in [2.75, 3.05) is 11.5 Å². The molecule has 0 radical (unpaired) electrons. The van der Waals surface area contributed by atoms with Crippen LogP contribution in [0.2, 0.25) is 0 Å². The Balaban J connectivity index is 2.28. The highest BCUT2D eigenvalue weighted by Gasteiger charge is 2.00. The number of rotatable bonds is 2. The van der Waals surface area contributed by atoms with E-state index in [1.807, 2.05) is 11.8 Å². The highest BCUT2D eigenvalue weighted by molar-refractivity contribution is 7.99. The van der Waals surface area contributed by atoms with E-state index in [-0.39, 0.29) is 0 Å². The van der Waals surface area contributed by atoms with E-state index in [1.165, 1.54) is 30.8 Å². The summed E-state index contributed by atoms with van der Waals surface area (Å²) >= 11 is 2.05. The maximum absolute atomic E-state index is 2.40. The van der Waals surface area contributed by atoms with Crippen LogP contribution in [-0.2, 0) is 0 Å². The topological polar surface area (TPSA) is 0 Å². The smallest absolute Gasteiger partial charge is 0.0116 e. The van der Waals surface area contributed by atoms with Gasteiger partial charge in [-0.1, -0.05) is 25.0 Å². The lowest BCUT2D eigenvalue weighted by molar-refractivity contribution is 0.856. The Bertz CT molecular complexity index is 105. The lowest BCUT2D eigenvalue weighted by Gasteiger charge is -2.10. The van der Waals surface area contributed by atoms with Gasteiger partial charge >= 0.3 is 0 Å². The van der Waals surface area contributed by atoms with Crippen molar-refractivity contribution in [2.24, 2.45) is 0 Å². The summed E-state index contributed by atoms with van der Waals surface area (Å²) in [4.78, 5) is 0. The van der Waals surface area contributed by atoms with Gasteiger partial charge in [0.1, 0.15) is 0 Å². The Morgan fingerprint density at radius 2 is 2.56 bits per heavy atom. The Hall–Kier alpha value is 0.0900. The molecule has 1 aliphatic heterocycles. The summed E-state index contributed by atoms with van der Waals surface area (Å²) in [6.45, 7) is 2.25. The minimum atomic E-state index is 1.26. The van der Waals surface area contributed by atoms with E-state index in [9.17, 15) is 0 Å². The van der Waals surface area contributed by atoms with Gasteiger partial charge in [-0.05, 0) is 18.6 Å². The van der Waals surface area contributed by atoms with Crippen LogP contribution in [0.1, 0.15) is 26.2 Å². The van der Waals surface area contributed by atoms with Gasteiger partial charge < -0.3 is 0 Å². The molecule has 0 saturated carbocycles. The van der Waals surface area contributed by atoms with E-state index in [4.69, 9.17) is 0 Å². The van der Waals surface area contributed by atoms with E-state index >= 15 is 0 Å². The van der Waals surface area contributed by atoms with Gasteiger partial charge in [-0.15, -0.1) is 0 Å². The largest absolute Gasteiger partial charge is 0.158 e. The molecule has 0 atom stereocenters. The molecular weight excluding hydrogens is 128 g/mol. The second-order valence-electron chi connectivity index (χ2n) is 2.44. The zero-order chi connectivity index (χ0) is 6.53. The molecule has 52 valence electrons. The number of thioether (sulfide) groups is 1. The fraction of sp³-hybridized carbons (Fsp3) is 0.750. The molecule has 0 aromatic carbocycles. The fourth-order valence-electron chi connectivity index (χ4n) is 1.11. The first-order valence-electron chi connectivity index (χ1n) is 3.69. The van der Waals surface area contributed by atoms with Gasteiger partial charge in [0.2, 0.25) is 0 Å². The van der Waals surface area contributed by atoms with E-state index in [2.05, 4.69) is 13.0 Å². The summed E-state index contributed by atoms with van der Waals surface area (Å²) in [5.41, 5.74) is 1.69. The lowest BCUT2D eigenvalue weighted by Crippen LogP contribution is -1.94. The molecule has 1 rings (SSSR count). The summed E-state index contributed by atoms with van der Waals surface area (Å²) in [5.74, 6) is 2.61. The molecule has 0 fully saturated rings. The third-order valence-electron chi connectivity index (χ3n) is 1.63. The monoisotopic (exact) mass is 142 g/mol. The minimum Gasteiger partial charge on any atom is -0.158 e. The third kappa shape index (κ3) is 2.44. The zero-order valence-corrected chi connectivity index (χ0v) is 6.84. The van der Waals surface area contributed by atoms with Crippen LogP contribution in [0.4, 0.5) is 0 Å². The summed E-state index contributed by atoms with van der Waals surface area (Å²) < 4.78 is 0. The molecule has 9 heavy (non-hydrogen) atoms. The highest BCUT2D eigenvalue weighted by atomic mass is 32.2. The Kier molecular flexibility index (Phi) is 3.20. The summed E-state index contributed by atoms with van der Waals surface area (Å²) in [6.07, 6.45) is 6.40. The predicted molar refractivity (Wildman–Crippen MR) is 44.9 cm³/mol. The molecule has 0 N–H and O–H groups in total. The lowest BCUT2D eigenvalue weighted by atomic mass is 10.1. The van der Waals surface area contributed by atoms with Crippen molar-refractivity contribution < 1.29 is 0 Å². The maximum Gasteiger partial charge on any atom is 0.0116 e. The molecule has 1 heterocycles. The predicted octanol–water partition coefficient (Wildman–Crippen LogP) is 2.85. The zero-order valence-electron chi connectivity index (χ0n) is 6.02. The molecule has 0 unspecified atom stereocenters. The van der Waals surface area contributed by atoms with Gasteiger partial charge in [-0.25, -0.2) is 0 Å². The second kappa shape index (κ2) is 3.99. The Morgan fingerprint density at radius 3 is 3.11 bits per heavy atom. The van der Waals surface area contributed by atoms with E-state index in [0.717, 1.165) is 0 Å². The molecule has 0 aliphatic carbocycles. The van der Waals surface area contributed by atoms with Crippen LogP contribution in [0.5, 0.6) is 0 Å². The molecule has 0 bridgehead atoms. The SMILES string of the molecule is CCCC1=CCSCC1. The third-order valence-corrected chi connectivity index (χ3v) is 2.52. The average molecular weight is 142 g/mol. The number of hydrogen-bond acceptors (Lipinski definition) is 1. The van der Waals surface area contributed by atoms with Gasteiger partial charge in [-0.2, -0.15) is 11.8 Å². The Morgan fingerprint density at radius 1 is 1.67 bits per heavy atom. The van der Waals surface area contributed by atoms with Crippen LogP contribution in [-0.4, -0.2) is 11.5 Å². The first-order chi connectivity index (χ1) is 4.43. The van der Waals surface area contributed by atoms with Crippen LogP contribution >= 0.6 is 11.8 Å². The van der Waals surface area contributed by atoms with Crippen LogP contribution in [0, 0.1) is 0 Å². The van der Waals surface area contributed by atoms with Gasteiger partial charge in [0.15, 0.2) is 0 Å². The molecule has 0 aromatic rings. The van der Waals surface area contributed by atoms with Crippen molar-refractivity contribution in [2.45, 2.75) is 26.2 Å². The minimum absolute atomic E-state index is 1.26. The second-order valence-corrected chi connectivity index (χ2v) is 3.59. The first kappa shape index (κ1) is 7.20. The standard InChI is InChI=1S/C8H14S/c1-2-3-8-4-6-9-7-5-8/h4H,2-3,5-7H2,1H3. The molecule has 0 nitrogen and oxygen atoms in total. The van der Waals surface area contributed by atoms with E-state index < -0.39 is 0 Å². The molecule has 0 spiro atoms. The quantitative estimate of drug-likeness (QED) is 0.534. The number of allylic oxidation sites excluding steroid dienone is 1. The van der Waals surface area contributed by atoms with Crippen molar-refractivity contribution >= 4 is 11.8 Å². The highest BCUT2D eigenvalue weighted by Crippen LogP contribution is 2.19. The van der Waals surface area contributed by atoms with Crippen molar-refractivity contribution in [3.63, 3.8) is 0 Å². The van der Waals surface area contributed by atoms with Crippen LogP contribution in [0.15, 0.2) is 11.6 Å². The van der Waals surface area contributed by atoms with Crippen LogP contribution in [0.3, 0.4) is 0 Å². The van der Waals surface area contributed by atoms with Crippen molar-refractivity contribution in [1.82, 2.24) is 0 Å². The molecule has 1 aliphatic rings. The van der Waals surface area contributed by atoms with E-state index in [1.54, 1.807) is 5.57 Å². The van der Waals surface area contributed by atoms with E-state index in [0.29, 0.717) is 0 Å². The molecular formula is C8H14S. The fourth-order valence-corrected chi connectivity index (χ4v) is 2.04. The normalized spacial score (nSPS) is 19.4.